The predicted molar refractivity (Wildman–Crippen MR) is 96.9 cm³/mol. The van der Waals surface area contributed by atoms with Gasteiger partial charge in [-0.15, -0.1) is 0 Å². The molecule has 0 saturated carbocycles. The van der Waals surface area contributed by atoms with E-state index in [0.717, 1.165) is 70.6 Å². The molecule has 0 aromatic heterocycles. The first-order valence-electron chi connectivity index (χ1n) is 8.84. The number of esters is 1. The fourth-order valence-corrected chi connectivity index (χ4v) is 2.69. The van der Waals surface area contributed by atoms with Crippen LogP contribution in [0.15, 0.2) is 0 Å². The van der Waals surface area contributed by atoms with Crippen molar-refractivity contribution in [1.29, 1.82) is 0 Å². The van der Waals surface area contributed by atoms with Gasteiger partial charge in [-0.25, -0.2) is 0 Å². The third kappa shape index (κ3) is 10.2. The Morgan fingerprint density at radius 1 is 0.727 bits per heavy atom. The van der Waals surface area contributed by atoms with Crippen LogP contribution in [-0.2, 0) is 9.53 Å². The van der Waals surface area contributed by atoms with Crippen LogP contribution in [0.3, 0.4) is 0 Å². The molecule has 0 saturated heterocycles. The number of rotatable bonds is 13. The summed E-state index contributed by atoms with van der Waals surface area (Å²) in [6.07, 6.45) is 12.0. The molecular weight excluding hydrogens is 276 g/mol. The number of hydrogen-bond acceptors (Lipinski definition) is 4. The van der Waals surface area contributed by atoms with Gasteiger partial charge in [0.2, 0.25) is 0 Å². The Kier molecular flexibility index (Phi) is 20.0. The first kappa shape index (κ1) is 26.3. The van der Waals surface area contributed by atoms with Crippen molar-refractivity contribution in [3.05, 3.63) is 0 Å². The molecule has 0 atom stereocenters. The normalized spacial score (nSPS) is 10.5. The van der Waals surface area contributed by atoms with Gasteiger partial charge in [-0.2, -0.15) is 0 Å². The van der Waals surface area contributed by atoms with Crippen LogP contribution in [-0.4, -0.2) is 12.6 Å². The van der Waals surface area contributed by atoms with Gasteiger partial charge in [-0.05, 0) is 25.7 Å². The van der Waals surface area contributed by atoms with E-state index in [1.807, 2.05) is 0 Å². The second kappa shape index (κ2) is 16.8. The molecule has 22 heavy (non-hydrogen) atoms. The molecule has 0 aliphatic rings. The molecule has 0 unspecified atom stereocenters. The Morgan fingerprint density at radius 2 is 1.09 bits per heavy atom. The summed E-state index contributed by atoms with van der Waals surface area (Å²) in [4.78, 5) is 12.6. The SMILES string of the molecule is CCCCOC(=O)C(CCCC)(CCCC)CCCC.N.N. The summed E-state index contributed by atoms with van der Waals surface area (Å²) in [6.45, 7) is 9.33. The van der Waals surface area contributed by atoms with Gasteiger partial charge in [0.25, 0.3) is 0 Å². The summed E-state index contributed by atoms with van der Waals surface area (Å²) < 4.78 is 5.60. The summed E-state index contributed by atoms with van der Waals surface area (Å²) in [5, 5.41) is 0. The van der Waals surface area contributed by atoms with Crippen LogP contribution >= 0.6 is 0 Å². The molecule has 0 aromatic carbocycles. The van der Waals surface area contributed by atoms with E-state index in [4.69, 9.17) is 4.74 Å². The number of hydrogen-bond donors (Lipinski definition) is 2. The second-order valence-corrected chi connectivity index (χ2v) is 6.08. The van der Waals surface area contributed by atoms with E-state index >= 15 is 0 Å². The molecule has 0 amide bonds. The van der Waals surface area contributed by atoms with Gasteiger partial charge in [0.1, 0.15) is 0 Å². The van der Waals surface area contributed by atoms with E-state index in [2.05, 4.69) is 27.7 Å². The standard InChI is InChI=1S/C18H36O2.2H3N/c1-5-9-13-18(14-10-6-2,15-11-7-3)17(19)20-16-12-8-4;;/h5-16H2,1-4H3;2*1H3. The maximum atomic E-state index is 12.6. The molecule has 0 rings (SSSR count). The van der Waals surface area contributed by atoms with Gasteiger partial charge in [0.15, 0.2) is 0 Å². The fraction of sp³-hybridized carbons (Fsp3) is 0.944. The van der Waals surface area contributed by atoms with Crippen LogP contribution in [0.2, 0.25) is 0 Å². The molecule has 136 valence electrons. The van der Waals surface area contributed by atoms with Crippen molar-refractivity contribution >= 4 is 5.97 Å². The van der Waals surface area contributed by atoms with Crippen molar-refractivity contribution in [3.8, 4) is 0 Å². The molecule has 0 spiro atoms. The molecule has 0 aliphatic heterocycles. The van der Waals surface area contributed by atoms with Gasteiger partial charge in [0, 0.05) is 0 Å². The van der Waals surface area contributed by atoms with Crippen LogP contribution in [0.5, 0.6) is 0 Å². The summed E-state index contributed by atoms with van der Waals surface area (Å²) in [5.74, 6) is 0.0845. The van der Waals surface area contributed by atoms with Crippen molar-refractivity contribution in [3.63, 3.8) is 0 Å². The lowest BCUT2D eigenvalue weighted by Gasteiger charge is -2.32. The van der Waals surface area contributed by atoms with Crippen molar-refractivity contribution in [2.24, 2.45) is 5.41 Å². The highest BCUT2D eigenvalue weighted by Crippen LogP contribution is 2.38. The van der Waals surface area contributed by atoms with Crippen LogP contribution in [0.1, 0.15) is 98.3 Å². The molecule has 0 fully saturated rings. The molecule has 0 aromatic rings. The second-order valence-electron chi connectivity index (χ2n) is 6.08. The summed E-state index contributed by atoms with van der Waals surface area (Å²) in [6, 6.07) is 0. The van der Waals surface area contributed by atoms with Crippen molar-refractivity contribution in [2.45, 2.75) is 98.3 Å². The Labute approximate surface area is 138 Å². The van der Waals surface area contributed by atoms with Gasteiger partial charge < -0.3 is 17.0 Å². The topological polar surface area (TPSA) is 96.3 Å². The Morgan fingerprint density at radius 3 is 1.41 bits per heavy atom. The van der Waals surface area contributed by atoms with E-state index in [-0.39, 0.29) is 23.7 Å². The zero-order chi connectivity index (χ0) is 15.3. The third-order valence-corrected chi connectivity index (χ3v) is 4.19. The van der Waals surface area contributed by atoms with Crippen LogP contribution in [0.4, 0.5) is 0 Å². The summed E-state index contributed by atoms with van der Waals surface area (Å²) >= 11 is 0. The van der Waals surface area contributed by atoms with E-state index < -0.39 is 0 Å². The highest BCUT2D eigenvalue weighted by molar-refractivity contribution is 5.76. The van der Waals surface area contributed by atoms with Gasteiger partial charge in [0.05, 0.1) is 12.0 Å². The third-order valence-electron chi connectivity index (χ3n) is 4.19. The lowest BCUT2D eigenvalue weighted by atomic mass is 9.74. The Balaban J connectivity index is -0.00000180. The van der Waals surface area contributed by atoms with Crippen LogP contribution < -0.4 is 12.3 Å². The van der Waals surface area contributed by atoms with Crippen molar-refractivity contribution in [2.75, 3.05) is 6.61 Å². The Bertz CT molecular complexity index is 223. The lowest BCUT2D eigenvalue weighted by molar-refractivity contribution is -0.158. The number of ether oxygens (including phenoxy) is 1. The highest BCUT2D eigenvalue weighted by atomic mass is 16.5. The van der Waals surface area contributed by atoms with Gasteiger partial charge in [-0.3, -0.25) is 4.79 Å². The minimum atomic E-state index is -0.199. The molecule has 0 aliphatic carbocycles. The molecule has 6 N–H and O–H groups in total. The van der Waals surface area contributed by atoms with Crippen molar-refractivity contribution < 1.29 is 9.53 Å². The number of unbranched alkanes of at least 4 members (excludes halogenated alkanes) is 4. The minimum Gasteiger partial charge on any atom is -0.465 e. The molecule has 4 nitrogen and oxygen atoms in total. The molecule has 0 bridgehead atoms. The smallest absolute Gasteiger partial charge is 0.312 e. The van der Waals surface area contributed by atoms with Crippen LogP contribution in [0.25, 0.3) is 0 Å². The van der Waals surface area contributed by atoms with E-state index in [0.29, 0.717) is 6.61 Å². The predicted octanol–water partition coefficient (Wildman–Crippen LogP) is 6.21. The van der Waals surface area contributed by atoms with E-state index in [1.165, 1.54) is 0 Å². The number of carbonyl (C=O) groups excluding carboxylic acids is 1. The summed E-state index contributed by atoms with van der Waals surface area (Å²) in [5.41, 5.74) is -0.199. The lowest BCUT2D eigenvalue weighted by Crippen LogP contribution is -2.33. The molecule has 0 heterocycles. The fourth-order valence-electron chi connectivity index (χ4n) is 2.69. The highest BCUT2D eigenvalue weighted by Gasteiger charge is 2.37. The van der Waals surface area contributed by atoms with Crippen LogP contribution in [0, 0.1) is 5.41 Å². The maximum Gasteiger partial charge on any atom is 0.312 e. The molecular formula is C18H42N2O2. The first-order chi connectivity index (χ1) is 9.66. The minimum absolute atomic E-state index is 0. The Hall–Kier alpha value is -0.610. The van der Waals surface area contributed by atoms with Gasteiger partial charge >= 0.3 is 5.97 Å². The van der Waals surface area contributed by atoms with E-state index in [1.54, 1.807) is 0 Å². The van der Waals surface area contributed by atoms with E-state index in [9.17, 15) is 4.79 Å². The average molecular weight is 319 g/mol. The average Bonchev–Trinajstić information content (AvgIpc) is 2.47. The largest absolute Gasteiger partial charge is 0.465 e. The first-order valence-corrected chi connectivity index (χ1v) is 8.84. The zero-order valence-electron chi connectivity index (χ0n) is 15.7. The monoisotopic (exact) mass is 318 g/mol. The van der Waals surface area contributed by atoms with Gasteiger partial charge in [-0.1, -0.05) is 72.6 Å². The molecule has 0 radical (unpaired) electrons. The van der Waals surface area contributed by atoms with Crippen molar-refractivity contribution in [1.82, 2.24) is 12.3 Å². The molecule has 4 heteroatoms. The maximum absolute atomic E-state index is 12.6. The quantitative estimate of drug-likeness (QED) is 0.311. The number of carbonyl (C=O) groups is 1. The summed E-state index contributed by atoms with van der Waals surface area (Å²) in [7, 11) is 0. The zero-order valence-corrected chi connectivity index (χ0v) is 15.7.